The first-order valence-electron chi connectivity index (χ1n) is 12.6. The van der Waals surface area contributed by atoms with E-state index >= 15 is 0 Å². The molecule has 0 radical (unpaired) electrons. The van der Waals surface area contributed by atoms with Gasteiger partial charge in [-0.1, -0.05) is 32.6 Å². The highest BCUT2D eigenvalue weighted by molar-refractivity contribution is 5.97. The molecule has 1 amide bonds. The van der Waals surface area contributed by atoms with Gasteiger partial charge in [-0.15, -0.1) is 0 Å². The van der Waals surface area contributed by atoms with Gasteiger partial charge in [0, 0.05) is 56.9 Å². The van der Waals surface area contributed by atoms with Gasteiger partial charge in [0.15, 0.2) is 0 Å². The second-order valence-corrected chi connectivity index (χ2v) is 10.4. The zero-order valence-electron chi connectivity index (χ0n) is 21.4. The Morgan fingerprint density at radius 2 is 2.00 bits per heavy atom. The number of amides is 1. The average Bonchev–Trinajstić information content (AvgIpc) is 2.81. The first kappa shape index (κ1) is 26.5. The summed E-state index contributed by atoms with van der Waals surface area (Å²) in [6.07, 6.45) is 4.53. The lowest BCUT2D eigenvalue weighted by Crippen LogP contribution is -2.50. The zero-order valence-corrected chi connectivity index (χ0v) is 21.4. The Hall–Kier alpha value is -2.14. The molecule has 0 spiro atoms. The first-order valence-corrected chi connectivity index (χ1v) is 12.6. The van der Waals surface area contributed by atoms with E-state index in [1.807, 2.05) is 6.92 Å². The second kappa shape index (κ2) is 12.5. The highest BCUT2D eigenvalue weighted by atomic mass is 16.5. The Labute approximate surface area is 204 Å². The van der Waals surface area contributed by atoms with E-state index in [1.165, 1.54) is 0 Å². The Bertz CT molecular complexity index is 872. The highest BCUT2D eigenvalue weighted by Crippen LogP contribution is 2.27. The number of hydrogen-bond acceptors (Lipinski definition) is 6. The van der Waals surface area contributed by atoms with E-state index in [-0.39, 0.29) is 30.6 Å². The number of fused-ring (bicyclic) bond motifs is 1. The molecular weight excluding hydrogens is 430 g/mol. The van der Waals surface area contributed by atoms with Crippen LogP contribution >= 0.6 is 0 Å². The van der Waals surface area contributed by atoms with Gasteiger partial charge in [0.05, 0.1) is 12.6 Å². The molecule has 0 unspecified atom stereocenters. The van der Waals surface area contributed by atoms with E-state index in [2.05, 4.69) is 49.5 Å². The van der Waals surface area contributed by atoms with Gasteiger partial charge in [-0.3, -0.25) is 4.79 Å². The van der Waals surface area contributed by atoms with Crippen LogP contribution in [-0.2, 0) is 4.74 Å². The van der Waals surface area contributed by atoms with Crippen molar-refractivity contribution in [3.8, 4) is 17.7 Å². The molecule has 0 aliphatic carbocycles. The maximum Gasteiger partial charge on any atom is 0.259 e. The van der Waals surface area contributed by atoms with Crippen LogP contribution in [0.5, 0.6) is 5.88 Å². The maximum atomic E-state index is 13.5. The molecule has 7 nitrogen and oxygen atoms in total. The molecule has 2 aliphatic heterocycles. The monoisotopic (exact) mass is 471 g/mol. The average molecular weight is 472 g/mol. The van der Waals surface area contributed by atoms with Gasteiger partial charge in [0.1, 0.15) is 11.7 Å². The molecule has 0 aromatic carbocycles. The summed E-state index contributed by atoms with van der Waals surface area (Å²) in [5, 5.41) is 9.84. The van der Waals surface area contributed by atoms with E-state index < -0.39 is 0 Å². The van der Waals surface area contributed by atoms with Crippen LogP contribution in [0.4, 0.5) is 0 Å². The number of likely N-dealkylation sites (N-methyl/N-ethyl adjacent to an activating group) is 1. The molecule has 3 rings (SSSR count). The Kier molecular flexibility index (Phi) is 9.75. The van der Waals surface area contributed by atoms with Crippen LogP contribution in [0.25, 0.3) is 0 Å². The molecule has 188 valence electrons. The zero-order chi connectivity index (χ0) is 24.7. The minimum Gasteiger partial charge on any atom is -0.472 e. The van der Waals surface area contributed by atoms with Crippen molar-refractivity contribution >= 4 is 5.91 Å². The molecule has 3 heterocycles. The van der Waals surface area contributed by atoms with E-state index in [9.17, 15) is 9.90 Å². The number of carbonyl (C=O) groups excluding carboxylic acids is 1. The second-order valence-electron chi connectivity index (χ2n) is 10.4. The van der Waals surface area contributed by atoms with Crippen LogP contribution in [0.3, 0.4) is 0 Å². The minimum absolute atomic E-state index is 0.0792. The molecule has 1 aromatic rings. The van der Waals surface area contributed by atoms with Crippen molar-refractivity contribution in [2.75, 3.05) is 46.5 Å². The molecule has 7 heteroatoms. The summed E-state index contributed by atoms with van der Waals surface area (Å²) in [5.41, 5.74) is 1.12. The van der Waals surface area contributed by atoms with Crippen LogP contribution in [0, 0.1) is 29.6 Å². The largest absolute Gasteiger partial charge is 0.472 e. The predicted octanol–water partition coefficient (Wildman–Crippen LogP) is 3.06. The van der Waals surface area contributed by atoms with Gasteiger partial charge in [0.2, 0.25) is 5.88 Å². The normalized spacial score (nSPS) is 22.5. The lowest BCUT2D eigenvalue weighted by atomic mass is 9.97. The van der Waals surface area contributed by atoms with Crippen LogP contribution in [0.2, 0.25) is 0 Å². The quantitative estimate of drug-likeness (QED) is 0.616. The van der Waals surface area contributed by atoms with Crippen LogP contribution in [-0.4, -0.2) is 84.4 Å². The third-order valence-electron chi connectivity index (χ3n) is 6.67. The van der Waals surface area contributed by atoms with Gasteiger partial charge >= 0.3 is 0 Å². The molecule has 2 aliphatic rings. The number of rotatable bonds is 7. The summed E-state index contributed by atoms with van der Waals surface area (Å²) in [6, 6.07) is 1.49. The first-order chi connectivity index (χ1) is 16.3. The van der Waals surface area contributed by atoms with E-state index in [4.69, 9.17) is 9.47 Å². The smallest absolute Gasteiger partial charge is 0.259 e. The number of aliphatic hydroxyl groups excluding tert-OH is 1. The van der Waals surface area contributed by atoms with E-state index in [0.29, 0.717) is 35.4 Å². The molecule has 0 bridgehead atoms. The highest BCUT2D eigenvalue weighted by Gasteiger charge is 2.34. The number of aromatic nitrogens is 1. The fraction of sp³-hybridized carbons (Fsp3) is 0.704. The Balaban J connectivity index is 1.84. The van der Waals surface area contributed by atoms with Gasteiger partial charge < -0.3 is 24.4 Å². The molecule has 1 fully saturated rings. The maximum absolute atomic E-state index is 13.5. The number of ether oxygens (including phenoxy) is 2. The van der Waals surface area contributed by atoms with Crippen LogP contribution in [0.15, 0.2) is 12.3 Å². The number of pyridine rings is 1. The molecular formula is C27H41N3O4. The van der Waals surface area contributed by atoms with Crippen LogP contribution < -0.4 is 4.74 Å². The summed E-state index contributed by atoms with van der Waals surface area (Å²) < 4.78 is 11.9. The van der Waals surface area contributed by atoms with Crippen molar-refractivity contribution in [3.63, 3.8) is 0 Å². The third kappa shape index (κ3) is 7.18. The Morgan fingerprint density at radius 1 is 1.26 bits per heavy atom. The SMILES string of the molecule is CC(C)CC#Cc1cnc2c(c1)C(=O)N([C@H](C)CO)C[C@H](C)[C@@H](CN(C)CC1CCOCC1)O2. The van der Waals surface area contributed by atoms with Gasteiger partial charge in [-0.25, -0.2) is 4.98 Å². The van der Waals surface area contributed by atoms with E-state index in [1.54, 1.807) is 17.2 Å². The van der Waals surface area contributed by atoms with Crippen LogP contribution in [0.1, 0.15) is 62.9 Å². The third-order valence-corrected chi connectivity index (χ3v) is 6.67. The summed E-state index contributed by atoms with van der Waals surface area (Å²) in [5.74, 6) is 7.67. The summed E-state index contributed by atoms with van der Waals surface area (Å²) in [7, 11) is 2.13. The van der Waals surface area contributed by atoms with Crippen molar-refractivity contribution in [1.82, 2.24) is 14.8 Å². The molecule has 1 N–H and O–H groups in total. The van der Waals surface area contributed by atoms with Crippen molar-refractivity contribution < 1.29 is 19.4 Å². The fourth-order valence-electron chi connectivity index (χ4n) is 4.50. The number of hydrogen-bond donors (Lipinski definition) is 1. The summed E-state index contributed by atoms with van der Waals surface area (Å²) in [6.45, 7) is 12.1. The fourth-order valence-corrected chi connectivity index (χ4v) is 4.50. The van der Waals surface area contributed by atoms with Gasteiger partial charge in [0.25, 0.3) is 5.91 Å². The molecule has 0 saturated carbocycles. The number of carbonyl (C=O) groups is 1. The summed E-state index contributed by atoms with van der Waals surface area (Å²) >= 11 is 0. The predicted molar refractivity (Wildman–Crippen MR) is 133 cm³/mol. The van der Waals surface area contributed by atoms with Gasteiger partial charge in [-0.05, 0) is 44.7 Å². The molecule has 1 saturated heterocycles. The summed E-state index contributed by atoms with van der Waals surface area (Å²) in [4.78, 5) is 22.1. The molecule has 3 atom stereocenters. The number of nitrogens with zero attached hydrogens (tertiary/aromatic N) is 3. The topological polar surface area (TPSA) is 75.1 Å². The molecule has 34 heavy (non-hydrogen) atoms. The van der Waals surface area contributed by atoms with Crippen molar-refractivity contribution in [2.24, 2.45) is 17.8 Å². The van der Waals surface area contributed by atoms with E-state index in [0.717, 1.165) is 45.6 Å². The lowest BCUT2D eigenvalue weighted by Gasteiger charge is -2.38. The van der Waals surface area contributed by atoms with Crippen molar-refractivity contribution in [1.29, 1.82) is 0 Å². The minimum atomic E-state index is -0.294. The van der Waals surface area contributed by atoms with Crippen molar-refractivity contribution in [2.45, 2.75) is 59.1 Å². The molecule has 1 aromatic heterocycles. The lowest BCUT2D eigenvalue weighted by molar-refractivity contribution is 0.0254. The Morgan fingerprint density at radius 3 is 2.68 bits per heavy atom. The number of aliphatic hydroxyl groups is 1. The van der Waals surface area contributed by atoms with Gasteiger partial charge in [-0.2, -0.15) is 0 Å². The van der Waals surface area contributed by atoms with Crippen molar-refractivity contribution in [3.05, 3.63) is 23.4 Å². The standard InChI is InChI=1S/C27H41N3O4/c1-19(2)7-6-8-23-13-24-26(28-14-23)34-25(17-29(5)16-22-9-11-33-12-10-22)20(3)15-30(27(24)32)21(4)18-31/h13-14,19-22,25,31H,7,9-12,15-18H2,1-5H3/t20-,21+,25+/m0/s1.